The molecule has 2 aliphatic carbocycles. The van der Waals surface area contributed by atoms with Gasteiger partial charge in [-0.3, -0.25) is 19.0 Å². The van der Waals surface area contributed by atoms with E-state index in [1.54, 1.807) is 10.7 Å². The van der Waals surface area contributed by atoms with Gasteiger partial charge in [-0.2, -0.15) is 5.10 Å². The second-order valence-electron chi connectivity index (χ2n) is 7.60. The van der Waals surface area contributed by atoms with Crippen LogP contribution in [0, 0.1) is 0 Å². The Balaban J connectivity index is 1.42. The Morgan fingerprint density at radius 2 is 1.93 bits per heavy atom. The molecule has 2 aromatic rings. The standard InChI is InChI=1S/C19H23N5O4/c1-23-18(27)14(10-20-19(23)28)17(26)21-12-5-7-13(8-6-12)24-16(25)9-11-3-2-4-15(11)22-24/h9-10,12-13H,2-8H2,1H3,(H,20,28)(H,21,26). The van der Waals surface area contributed by atoms with Gasteiger partial charge in [0.15, 0.2) is 0 Å². The molecular formula is C19H23N5O4. The molecule has 0 bridgehead atoms. The summed E-state index contributed by atoms with van der Waals surface area (Å²) in [6.45, 7) is 0. The molecule has 4 rings (SSSR count). The molecule has 148 valence electrons. The number of hydrogen-bond donors (Lipinski definition) is 2. The van der Waals surface area contributed by atoms with Crippen LogP contribution in [0.15, 0.2) is 26.6 Å². The molecule has 0 saturated heterocycles. The Morgan fingerprint density at radius 1 is 1.18 bits per heavy atom. The number of aromatic amines is 1. The first-order valence-corrected chi connectivity index (χ1v) is 9.65. The van der Waals surface area contributed by atoms with Crippen LogP contribution in [0.3, 0.4) is 0 Å². The Hall–Kier alpha value is -2.97. The first-order valence-electron chi connectivity index (χ1n) is 9.65. The maximum atomic E-state index is 12.4. The lowest BCUT2D eigenvalue weighted by atomic mass is 9.91. The molecule has 0 atom stereocenters. The number of aromatic nitrogens is 4. The quantitative estimate of drug-likeness (QED) is 0.773. The summed E-state index contributed by atoms with van der Waals surface area (Å²) in [6.07, 6.45) is 6.93. The first-order chi connectivity index (χ1) is 13.4. The predicted octanol–water partition coefficient (Wildman–Crippen LogP) is 0.0327. The van der Waals surface area contributed by atoms with E-state index in [-0.39, 0.29) is 23.2 Å². The highest BCUT2D eigenvalue weighted by Gasteiger charge is 2.27. The van der Waals surface area contributed by atoms with Gasteiger partial charge in [0.2, 0.25) is 0 Å². The lowest BCUT2D eigenvalue weighted by Crippen LogP contribution is -2.43. The number of hydrogen-bond acceptors (Lipinski definition) is 5. The highest BCUT2D eigenvalue weighted by molar-refractivity contribution is 5.93. The van der Waals surface area contributed by atoms with Crippen molar-refractivity contribution in [2.45, 2.75) is 57.0 Å². The monoisotopic (exact) mass is 385 g/mol. The topological polar surface area (TPSA) is 119 Å². The predicted molar refractivity (Wildman–Crippen MR) is 102 cm³/mol. The van der Waals surface area contributed by atoms with Crippen molar-refractivity contribution in [3.63, 3.8) is 0 Å². The van der Waals surface area contributed by atoms with Crippen molar-refractivity contribution in [1.29, 1.82) is 0 Å². The molecule has 2 aromatic heterocycles. The SMILES string of the molecule is Cn1c(=O)[nH]cc(C(=O)NC2CCC(n3nc4c(cc3=O)CCC4)CC2)c1=O. The van der Waals surface area contributed by atoms with Gasteiger partial charge in [-0.25, -0.2) is 9.48 Å². The normalized spacial score (nSPS) is 21.3. The summed E-state index contributed by atoms with van der Waals surface area (Å²) in [5.74, 6) is -0.492. The van der Waals surface area contributed by atoms with Crippen LogP contribution >= 0.6 is 0 Å². The number of rotatable bonds is 3. The second kappa shape index (κ2) is 7.21. The summed E-state index contributed by atoms with van der Waals surface area (Å²) in [5, 5.41) is 7.45. The molecule has 0 radical (unpaired) electrons. The zero-order chi connectivity index (χ0) is 19.8. The van der Waals surface area contributed by atoms with Gasteiger partial charge in [0.1, 0.15) is 5.56 Å². The Kier molecular flexibility index (Phi) is 4.74. The van der Waals surface area contributed by atoms with Gasteiger partial charge in [-0.05, 0) is 50.5 Å². The third-order valence-electron chi connectivity index (χ3n) is 5.78. The van der Waals surface area contributed by atoms with Crippen LogP contribution in [-0.2, 0) is 19.9 Å². The Labute approximate surface area is 160 Å². The van der Waals surface area contributed by atoms with E-state index >= 15 is 0 Å². The first kappa shape index (κ1) is 18.4. The van der Waals surface area contributed by atoms with Crippen molar-refractivity contribution in [1.82, 2.24) is 24.6 Å². The third-order valence-corrected chi connectivity index (χ3v) is 5.78. The second-order valence-corrected chi connectivity index (χ2v) is 7.60. The Bertz CT molecular complexity index is 1090. The molecule has 0 aliphatic heterocycles. The van der Waals surface area contributed by atoms with Gasteiger partial charge in [-0.1, -0.05) is 0 Å². The molecule has 1 fully saturated rings. The van der Waals surface area contributed by atoms with Crippen molar-refractivity contribution in [3.8, 4) is 0 Å². The van der Waals surface area contributed by atoms with E-state index in [2.05, 4.69) is 15.4 Å². The Morgan fingerprint density at radius 3 is 2.68 bits per heavy atom. The van der Waals surface area contributed by atoms with Gasteiger partial charge in [-0.15, -0.1) is 0 Å². The van der Waals surface area contributed by atoms with E-state index in [4.69, 9.17) is 0 Å². The lowest BCUT2D eigenvalue weighted by Gasteiger charge is -2.29. The molecule has 1 saturated carbocycles. The van der Waals surface area contributed by atoms with Crippen molar-refractivity contribution < 1.29 is 4.79 Å². The molecule has 9 nitrogen and oxygen atoms in total. The number of amides is 1. The van der Waals surface area contributed by atoms with Crippen molar-refractivity contribution in [3.05, 3.63) is 60.3 Å². The van der Waals surface area contributed by atoms with Gasteiger partial charge in [0.05, 0.1) is 11.7 Å². The zero-order valence-corrected chi connectivity index (χ0v) is 15.7. The molecular weight excluding hydrogens is 362 g/mol. The van der Waals surface area contributed by atoms with Crippen LogP contribution in [0.2, 0.25) is 0 Å². The van der Waals surface area contributed by atoms with Crippen LogP contribution in [0.4, 0.5) is 0 Å². The third kappa shape index (κ3) is 3.32. The van der Waals surface area contributed by atoms with Crippen LogP contribution in [0.25, 0.3) is 0 Å². The molecule has 2 aliphatic rings. The number of carbonyl (C=O) groups is 1. The summed E-state index contributed by atoms with van der Waals surface area (Å²) < 4.78 is 2.48. The highest BCUT2D eigenvalue weighted by atomic mass is 16.2. The number of nitrogens with zero attached hydrogens (tertiary/aromatic N) is 3. The van der Waals surface area contributed by atoms with Crippen molar-refractivity contribution >= 4 is 5.91 Å². The van der Waals surface area contributed by atoms with Crippen LogP contribution in [0.1, 0.15) is 59.8 Å². The molecule has 0 unspecified atom stereocenters. The summed E-state index contributed by atoms with van der Waals surface area (Å²) in [7, 11) is 1.32. The minimum absolute atomic E-state index is 0.0347. The summed E-state index contributed by atoms with van der Waals surface area (Å²) in [4.78, 5) is 50.7. The van der Waals surface area contributed by atoms with Gasteiger partial charge >= 0.3 is 5.69 Å². The van der Waals surface area contributed by atoms with Gasteiger partial charge in [0.25, 0.3) is 17.0 Å². The fraction of sp³-hybridized carbons (Fsp3) is 0.526. The number of H-pyrrole nitrogens is 1. The van der Waals surface area contributed by atoms with Crippen molar-refractivity contribution in [2.75, 3.05) is 0 Å². The maximum Gasteiger partial charge on any atom is 0.328 e. The van der Waals surface area contributed by atoms with E-state index in [1.165, 1.54) is 7.05 Å². The minimum Gasteiger partial charge on any atom is -0.349 e. The smallest absolute Gasteiger partial charge is 0.328 e. The van der Waals surface area contributed by atoms with Gasteiger partial charge < -0.3 is 10.3 Å². The molecule has 0 spiro atoms. The fourth-order valence-corrected chi connectivity index (χ4v) is 4.13. The van der Waals surface area contributed by atoms with Crippen LogP contribution < -0.4 is 22.1 Å². The van der Waals surface area contributed by atoms with Crippen LogP contribution in [-0.4, -0.2) is 31.3 Å². The van der Waals surface area contributed by atoms with E-state index in [1.807, 2.05) is 0 Å². The fourth-order valence-electron chi connectivity index (χ4n) is 4.13. The molecule has 0 aromatic carbocycles. The minimum atomic E-state index is -0.621. The molecule has 28 heavy (non-hydrogen) atoms. The average Bonchev–Trinajstić information content (AvgIpc) is 3.13. The van der Waals surface area contributed by atoms with E-state index in [0.717, 1.165) is 54.1 Å². The molecule has 9 heteroatoms. The maximum absolute atomic E-state index is 12.4. The number of aryl methyl sites for hydroxylation is 2. The molecule has 2 N–H and O–H groups in total. The highest BCUT2D eigenvalue weighted by Crippen LogP contribution is 2.28. The van der Waals surface area contributed by atoms with E-state index in [0.29, 0.717) is 12.8 Å². The molecule has 2 heterocycles. The number of nitrogens with one attached hydrogen (secondary N) is 2. The largest absolute Gasteiger partial charge is 0.349 e. The molecule has 1 amide bonds. The van der Waals surface area contributed by atoms with Crippen molar-refractivity contribution in [2.24, 2.45) is 7.05 Å². The zero-order valence-electron chi connectivity index (χ0n) is 15.7. The average molecular weight is 385 g/mol. The number of carbonyl (C=O) groups excluding carboxylic acids is 1. The van der Waals surface area contributed by atoms with E-state index in [9.17, 15) is 19.2 Å². The lowest BCUT2D eigenvalue weighted by molar-refractivity contribution is 0.0918. The number of fused-ring (bicyclic) bond motifs is 1. The summed E-state index contributed by atoms with van der Waals surface area (Å²) in [5.41, 5.74) is 0.789. The van der Waals surface area contributed by atoms with Crippen LogP contribution in [0.5, 0.6) is 0 Å². The van der Waals surface area contributed by atoms with E-state index < -0.39 is 17.2 Å². The summed E-state index contributed by atoms with van der Waals surface area (Å²) >= 11 is 0. The summed E-state index contributed by atoms with van der Waals surface area (Å²) in [6, 6.07) is 1.67. The van der Waals surface area contributed by atoms with Gasteiger partial charge in [0, 0.05) is 25.4 Å².